The minimum Gasteiger partial charge on any atom is -0.354 e. The lowest BCUT2D eigenvalue weighted by Crippen LogP contribution is -2.18. The quantitative estimate of drug-likeness (QED) is 0.893. The monoisotopic (exact) mass is 295 g/mol. The van der Waals surface area contributed by atoms with Crippen LogP contribution in [-0.4, -0.2) is 17.9 Å². The molecule has 2 aromatic rings. The summed E-state index contributed by atoms with van der Waals surface area (Å²) < 4.78 is 0. The Labute approximate surface area is 121 Å². The van der Waals surface area contributed by atoms with Gasteiger partial charge < -0.3 is 10.6 Å². The standard InChI is InChI=1S/C13H13N3OS.ClH/c1-14-13(17)10-3-2-8(6-16-10)11-4-9-5-15-7-12(9)18-11;/h2-4,6,15H,5,7H2,1H3,(H,14,17);1H. The maximum atomic E-state index is 11.4. The van der Waals surface area contributed by atoms with Crippen LogP contribution in [0.5, 0.6) is 0 Å². The predicted molar refractivity (Wildman–Crippen MR) is 78.7 cm³/mol. The van der Waals surface area contributed by atoms with Crippen molar-refractivity contribution in [3.8, 4) is 10.4 Å². The first-order valence-corrected chi connectivity index (χ1v) is 6.60. The molecule has 1 amide bonds. The molecule has 0 bridgehead atoms. The van der Waals surface area contributed by atoms with Crippen molar-refractivity contribution in [1.29, 1.82) is 0 Å². The summed E-state index contributed by atoms with van der Waals surface area (Å²) in [5.41, 5.74) is 2.90. The van der Waals surface area contributed by atoms with Crippen LogP contribution in [0.15, 0.2) is 24.4 Å². The first-order chi connectivity index (χ1) is 8.78. The molecule has 1 aliphatic rings. The summed E-state index contributed by atoms with van der Waals surface area (Å²) in [6, 6.07) is 5.92. The molecule has 0 radical (unpaired) electrons. The van der Waals surface area contributed by atoms with Crippen LogP contribution in [0.25, 0.3) is 10.4 Å². The number of rotatable bonds is 2. The highest BCUT2D eigenvalue weighted by Crippen LogP contribution is 2.33. The maximum absolute atomic E-state index is 11.4. The molecular formula is C13H14ClN3OS. The largest absolute Gasteiger partial charge is 0.354 e. The Kier molecular flexibility index (Phi) is 4.19. The number of carbonyl (C=O) groups is 1. The lowest BCUT2D eigenvalue weighted by Gasteiger charge is -2.01. The van der Waals surface area contributed by atoms with Gasteiger partial charge in [-0.2, -0.15) is 0 Å². The van der Waals surface area contributed by atoms with Gasteiger partial charge in [0.1, 0.15) is 5.69 Å². The lowest BCUT2D eigenvalue weighted by molar-refractivity contribution is 0.0958. The Morgan fingerprint density at radius 1 is 1.42 bits per heavy atom. The second kappa shape index (κ2) is 5.69. The third-order valence-electron chi connectivity index (χ3n) is 3.01. The molecule has 19 heavy (non-hydrogen) atoms. The number of aromatic nitrogens is 1. The Balaban J connectivity index is 0.00000133. The van der Waals surface area contributed by atoms with Gasteiger partial charge in [-0.15, -0.1) is 23.7 Å². The summed E-state index contributed by atoms with van der Waals surface area (Å²) in [7, 11) is 1.61. The molecule has 0 aromatic carbocycles. The third-order valence-corrected chi connectivity index (χ3v) is 4.23. The molecule has 0 aliphatic carbocycles. The molecule has 3 rings (SSSR count). The van der Waals surface area contributed by atoms with E-state index in [9.17, 15) is 4.79 Å². The Morgan fingerprint density at radius 3 is 2.89 bits per heavy atom. The minimum absolute atomic E-state index is 0. The van der Waals surface area contributed by atoms with E-state index in [0.717, 1.165) is 18.7 Å². The third kappa shape index (κ3) is 2.63. The van der Waals surface area contributed by atoms with Gasteiger partial charge in [0.25, 0.3) is 5.91 Å². The highest BCUT2D eigenvalue weighted by molar-refractivity contribution is 7.15. The number of hydrogen-bond donors (Lipinski definition) is 2. The number of nitrogens with zero attached hydrogens (tertiary/aromatic N) is 1. The minimum atomic E-state index is -0.153. The first-order valence-electron chi connectivity index (χ1n) is 5.79. The van der Waals surface area contributed by atoms with Crippen molar-refractivity contribution in [3.05, 3.63) is 40.5 Å². The fraction of sp³-hybridized carbons (Fsp3) is 0.231. The summed E-state index contributed by atoms with van der Waals surface area (Å²) in [5.74, 6) is -0.153. The average molecular weight is 296 g/mol. The normalized spacial score (nSPS) is 12.7. The van der Waals surface area contributed by atoms with Crippen LogP contribution in [0.1, 0.15) is 20.9 Å². The van der Waals surface area contributed by atoms with Crippen molar-refractivity contribution in [3.63, 3.8) is 0 Å². The van der Waals surface area contributed by atoms with Crippen molar-refractivity contribution in [2.45, 2.75) is 13.1 Å². The smallest absolute Gasteiger partial charge is 0.269 e. The van der Waals surface area contributed by atoms with Crippen LogP contribution in [-0.2, 0) is 13.1 Å². The summed E-state index contributed by atoms with van der Waals surface area (Å²) in [6.07, 6.45) is 1.76. The fourth-order valence-corrected chi connectivity index (χ4v) is 3.16. The molecule has 1 aliphatic heterocycles. The number of halogens is 1. The van der Waals surface area contributed by atoms with Crippen LogP contribution < -0.4 is 10.6 Å². The van der Waals surface area contributed by atoms with E-state index in [1.807, 2.05) is 6.07 Å². The maximum Gasteiger partial charge on any atom is 0.269 e. The number of pyridine rings is 1. The molecule has 6 heteroatoms. The molecule has 4 nitrogen and oxygen atoms in total. The Bertz CT molecular complexity index is 573. The molecule has 0 atom stereocenters. The average Bonchev–Trinajstić information content (AvgIpc) is 2.99. The van der Waals surface area contributed by atoms with E-state index >= 15 is 0 Å². The van der Waals surface area contributed by atoms with Gasteiger partial charge >= 0.3 is 0 Å². The van der Waals surface area contributed by atoms with E-state index in [1.165, 1.54) is 15.3 Å². The van der Waals surface area contributed by atoms with Crippen LogP contribution >= 0.6 is 23.7 Å². The van der Waals surface area contributed by atoms with Crippen molar-refractivity contribution in [2.24, 2.45) is 0 Å². The second-order valence-corrected chi connectivity index (χ2v) is 5.31. The van der Waals surface area contributed by atoms with E-state index in [0.29, 0.717) is 5.69 Å². The molecule has 0 fully saturated rings. The highest BCUT2D eigenvalue weighted by Gasteiger charge is 2.15. The number of amides is 1. The van der Waals surface area contributed by atoms with Gasteiger partial charge in [-0.05, 0) is 23.8 Å². The van der Waals surface area contributed by atoms with Crippen molar-refractivity contribution in [2.75, 3.05) is 7.05 Å². The van der Waals surface area contributed by atoms with E-state index in [1.54, 1.807) is 30.6 Å². The van der Waals surface area contributed by atoms with Gasteiger partial charge in [0.2, 0.25) is 0 Å². The van der Waals surface area contributed by atoms with Crippen molar-refractivity contribution in [1.82, 2.24) is 15.6 Å². The molecule has 2 N–H and O–H groups in total. The first kappa shape index (κ1) is 14.0. The summed E-state index contributed by atoms with van der Waals surface area (Å²) in [6.45, 7) is 1.92. The van der Waals surface area contributed by atoms with Crippen LogP contribution in [0, 0.1) is 0 Å². The Morgan fingerprint density at radius 2 is 2.26 bits per heavy atom. The summed E-state index contributed by atoms with van der Waals surface area (Å²) >= 11 is 1.79. The molecule has 0 saturated carbocycles. The number of carbonyl (C=O) groups excluding carboxylic acids is 1. The SMILES string of the molecule is CNC(=O)c1ccc(-c2cc3c(s2)CNC3)cn1.Cl. The summed E-state index contributed by atoms with van der Waals surface area (Å²) in [5, 5.41) is 5.88. The highest BCUT2D eigenvalue weighted by atomic mass is 35.5. The van der Waals surface area contributed by atoms with Crippen LogP contribution in [0.2, 0.25) is 0 Å². The zero-order chi connectivity index (χ0) is 12.5. The van der Waals surface area contributed by atoms with Crippen molar-refractivity contribution >= 4 is 29.7 Å². The number of nitrogens with one attached hydrogen (secondary N) is 2. The van der Waals surface area contributed by atoms with Gasteiger partial charge in [-0.25, -0.2) is 0 Å². The van der Waals surface area contributed by atoms with Crippen LogP contribution in [0.4, 0.5) is 0 Å². The summed E-state index contributed by atoms with van der Waals surface area (Å²) in [4.78, 5) is 18.2. The number of hydrogen-bond acceptors (Lipinski definition) is 4. The van der Waals surface area contributed by atoms with Crippen molar-refractivity contribution < 1.29 is 4.79 Å². The zero-order valence-electron chi connectivity index (χ0n) is 10.4. The van der Waals surface area contributed by atoms with E-state index in [4.69, 9.17) is 0 Å². The molecule has 0 spiro atoms. The number of thiophene rings is 1. The fourth-order valence-electron chi connectivity index (χ4n) is 2.02. The van der Waals surface area contributed by atoms with E-state index in [-0.39, 0.29) is 18.3 Å². The number of fused-ring (bicyclic) bond motifs is 1. The molecule has 3 heterocycles. The lowest BCUT2D eigenvalue weighted by atomic mass is 10.2. The molecule has 100 valence electrons. The Hall–Kier alpha value is -1.43. The van der Waals surface area contributed by atoms with E-state index in [2.05, 4.69) is 21.7 Å². The van der Waals surface area contributed by atoms with Gasteiger partial charge in [0.05, 0.1) is 0 Å². The van der Waals surface area contributed by atoms with Crippen LogP contribution in [0.3, 0.4) is 0 Å². The molecule has 2 aromatic heterocycles. The van der Waals surface area contributed by atoms with Gasteiger partial charge in [-0.3, -0.25) is 9.78 Å². The molecular weight excluding hydrogens is 282 g/mol. The molecule has 0 unspecified atom stereocenters. The van der Waals surface area contributed by atoms with E-state index < -0.39 is 0 Å². The van der Waals surface area contributed by atoms with Gasteiger partial charge in [0.15, 0.2) is 0 Å². The van der Waals surface area contributed by atoms with Gasteiger partial charge in [-0.1, -0.05) is 0 Å². The molecule has 0 saturated heterocycles. The predicted octanol–water partition coefficient (Wildman–Crippen LogP) is 2.19. The topological polar surface area (TPSA) is 54.0 Å². The second-order valence-electron chi connectivity index (χ2n) is 4.17. The zero-order valence-corrected chi connectivity index (χ0v) is 12.0. The van der Waals surface area contributed by atoms with Gasteiger partial charge in [0, 0.05) is 41.7 Å².